The van der Waals surface area contributed by atoms with Gasteiger partial charge in [0.05, 0.1) is 0 Å². The summed E-state index contributed by atoms with van der Waals surface area (Å²) in [4.78, 5) is 9.34. The van der Waals surface area contributed by atoms with Crippen LogP contribution in [0.1, 0.15) is 0 Å². The minimum absolute atomic E-state index is 0.404. The number of terminal acetylenes is 1. The van der Waals surface area contributed by atoms with Gasteiger partial charge in [0.2, 0.25) is 5.76 Å². The zero-order valence-corrected chi connectivity index (χ0v) is 6.51. The van der Waals surface area contributed by atoms with E-state index in [2.05, 4.69) is 5.92 Å². The quantitative estimate of drug-likeness (QED) is 0.424. The molecule has 0 bridgehead atoms. The van der Waals surface area contributed by atoms with Gasteiger partial charge in [-0.15, -0.1) is 6.42 Å². The molecular weight excluding hydrogens is 147 g/mol. The van der Waals surface area contributed by atoms with Gasteiger partial charge in [0.1, 0.15) is 12.5 Å². The number of rotatable bonds is 0. The molecule has 3 heteroatoms. The van der Waals surface area contributed by atoms with Crippen LogP contribution in [0.3, 0.4) is 0 Å². The molecule has 0 saturated carbocycles. The average Bonchev–Trinajstić information content (AvgIpc) is 1.86. The van der Waals surface area contributed by atoms with E-state index in [0.717, 1.165) is 0 Å². The second-order valence-corrected chi connectivity index (χ2v) is 4.42. The molecule has 1 N–H and O–H groups in total. The van der Waals surface area contributed by atoms with Crippen molar-refractivity contribution in [2.45, 2.75) is 0 Å². The van der Waals surface area contributed by atoms with E-state index < -0.39 is 7.72 Å². The second-order valence-electron chi connectivity index (χ2n) is 2.05. The molecule has 1 aliphatic heterocycles. The first-order valence-electron chi connectivity index (χ1n) is 2.79. The van der Waals surface area contributed by atoms with E-state index in [1.165, 1.54) is 0 Å². The van der Waals surface area contributed by atoms with Crippen LogP contribution in [0.4, 0.5) is 0 Å². The predicted molar refractivity (Wildman–Crippen MR) is 42.2 cm³/mol. The van der Waals surface area contributed by atoms with Gasteiger partial charge >= 0.3 is 7.72 Å². The van der Waals surface area contributed by atoms with Crippen molar-refractivity contribution in [3.63, 3.8) is 0 Å². The SMILES string of the molecule is C#CC1=CC=C[P+](C)(O)O1. The maximum Gasteiger partial charge on any atom is 0.340 e. The van der Waals surface area contributed by atoms with Crippen LogP contribution in [0.5, 0.6) is 0 Å². The van der Waals surface area contributed by atoms with E-state index in [0.29, 0.717) is 5.76 Å². The highest BCUT2D eigenvalue weighted by atomic mass is 31.2. The normalized spacial score (nSPS) is 30.3. The Kier molecular flexibility index (Phi) is 1.80. The molecular formula is C7H8O2P+. The summed E-state index contributed by atoms with van der Waals surface area (Å²) in [5.41, 5.74) is 0. The molecule has 0 aliphatic carbocycles. The molecule has 1 heterocycles. The lowest BCUT2D eigenvalue weighted by Gasteiger charge is -2.11. The molecule has 0 aromatic heterocycles. The zero-order chi connectivity index (χ0) is 7.61. The molecule has 1 atom stereocenters. The van der Waals surface area contributed by atoms with Crippen LogP contribution < -0.4 is 0 Å². The van der Waals surface area contributed by atoms with Crippen molar-refractivity contribution in [1.82, 2.24) is 0 Å². The Hall–Kier alpha value is -0.770. The number of allylic oxidation sites excluding steroid dienone is 3. The molecule has 0 radical (unpaired) electrons. The Balaban J connectivity index is 2.80. The largest absolute Gasteiger partial charge is 0.340 e. The summed E-state index contributed by atoms with van der Waals surface area (Å²) >= 11 is 0. The Labute approximate surface area is 60.7 Å². The standard InChI is InChI=1S/C7H8O2P/c1-3-7-5-4-6-10(2,8)9-7/h1,4-6,8H,2H3/q+1. The highest BCUT2D eigenvalue weighted by Gasteiger charge is 2.31. The fraction of sp³-hybridized carbons (Fsp3) is 0.143. The summed E-state index contributed by atoms with van der Waals surface area (Å²) in [6.45, 7) is 1.63. The molecule has 0 amide bonds. The van der Waals surface area contributed by atoms with Gasteiger partial charge in [-0.1, -0.05) is 0 Å². The van der Waals surface area contributed by atoms with Gasteiger partial charge in [0.25, 0.3) is 0 Å². The monoisotopic (exact) mass is 155 g/mol. The van der Waals surface area contributed by atoms with Crippen LogP contribution >= 0.6 is 7.72 Å². The van der Waals surface area contributed by atoms with Gasteiger partial charge in [-0.05, 0) is 18.1 Å². The van der Waals surface area contributed by atoms with Gasteiger partial charge in [-0.2, -0.15) is 0 Å². The summed E-state index contributed by atoms with van der Waals surface area (Å²) in [7, 11) is -2.30. The Morgan fingerprint density at radius 1 is 1.80 bits per heavy atom. The summed E-state index contributed by atoms with van der Waals surface area (Å²) in [6, 6.07) is 0. The van der Waals surface area contributed by atoms with Gasteiger partial charge < -0.3 is 4.52 Å². The van der Waals surface area contributed by atoms with Crippen molar-refractivity contribution >= 4 is 7.72 Å². The Morgan fingerprint density at radius 3 is 2.90 bits per heavy atom. The molecule has 1 rings (SSSR count). The molecule has 10 heavy (non-hydrogen) atoms. The predicted octanol–water partition coefficient (Wildman–Crippen LogP) is 1.52. The summed E-state index contributed by atoms with van der Waals surface area (Å²) in [6.07, 6.45) is 8.42. The minimum Gasteiger partial charge on any atom is -0.306 e. The van der Waals surface area contributed by atoms with Crippen LogP contribution in [0.25, 0.3) is 0 Å². The van der Waals surface area contributed by atoms with E-state index in [4.69, 9.17) is 10.9 Å². The molecule has 52 valence electrons. The smallest absolute Gasteiger partial charge is 0.306 e. The van der Waals surface area contributed by atoms with Crippen LogP contribution in [0.2, 0.25) is 0 Å². The van der Waals surface area contributed by atoms with Crippen molar-refractivity contribution in [2.75, 3.05) is 6.66 Å². The minimum atomic E-state index is -2.30. The molecule has 1 aliphatic rings. The van der Waals surface area contributed by atoms with Crippen molar-refractivity contribution in [2.24, 2.45) is 0 Å². The van der Waals surface area contributed by atoms with Crippen LogP contribution in [-0.2, 0) is 4.52 Å². The summed E-state index contributed by atoms with van der Waals surface area (Å²) in [5, 5.41) is 0. The molecule has 0 aromatic carbocycles. The van der Waals surface area contributed by atoms with E-state index >= 15 is 0 Å². The maximum atomic E-state index is 9.34. The molecule has 0 saturated heterocycles. The maximum absolute atomic E-state index is 9.34. The third kappa shape index (κ3) is 1.60. The fourth-order valence-corrected chi connectivity index (χ4v) is 1.60. The highest BCUT2D eigenvalue weighted by molar-refractivity contribution is 7.68. The van der Waals surface area contributed by atoms with E-state index in [-0.39, 0.29) is 0 Å². The van der Waals surface area contributed by atoms with Crippen molar-refractivity contribution in [3.8, 4) is 12.3 Å². The summed E-state index contributed by atoms with van der Waals surface area (Å²) < 4.78 is 5.03. The lowest BCUT2D eigenvalue weighted by molar-refractivity contribution is 0.405. The van der Waals surface area contributed by atoms with Gasteiger partial charge in [0.15, 0.2) is 0 Å². The van der Waals surface area contributed by atoms with Crippen molar-refractivity contribution < 1.29 is 9.42 Å². The summed E-state index contributed by atoms with van der Waals surface area (Å²) in [5.74, 6) is 4.35. The van der Waals surface area contributed by atoms with Gasteiger partial charge in [-0.3, -0.25) is 0 Å². The van der Waals surface area contributed by atoms with Gasteiger partial charge in [-0.25, -0.2) is 4.89 Å². The molecule has 2 nitrogen and oxygen atoms in total. The zero-order valence-electron chi connectivity index (χ0n) is 5.61. The van der Waals surface area contributed by atoms with Gasteiger partial charge in [0, 0.05) is 0 Å². The second kappa shape index (κ2) is 2.46. The molecule has 0 fully saturated rings. The lowest BCUT2D eigenvalue weighted by atomic mass is 10.4. The molecule has 1 unspecified atom stereocenters. The van der Waals surface area contributed by atoms with E-state index in [1.807, 2.05) is 0 Å². The third-order valence-corrected chi connectivity index (χ3v) is 2.33. The van der Waals surface area contributed by atoms with E-state index in [1.54, 1.807) is 24.6 Å². The molecule has 0 aromatic rings. The van der Waals surface area contributed by atoms with E-state index in [9.17, 15) is 4.89 Å². The first-order valence-corrected chi connectivity index (χ1v) is 4.96. The first-order chi connectivity index (χ1) is 4.64. The molecule has 0 spiro atoms. The Morgan fingerprint density at radius 2 is 2.50 bits per heavy atom. The average molecular weight is 155 g/mol. The van der Waals surface area contributed by atoms with Crippen LogP contribution in [-0.4, -0.2) is 11.6 Å². The number of hydrogen-bond acceptors (Lipinski definition) is 2. The topological polar surface area (TPSA) is 29.5 Å². The highest BCUT2D eigenvalue weighted by Crippen LogP contribution is 2.56. The van der Waals surface area contributed by atoms with Crippen molar-refractivity contribution in [3.05, 3.63) is 23.7 Å². The Bertz CT molecular complexity index is 232. The van der Waals surface area contributed by atoms with Crippen molar-refractivity contribution in [1.29, 1.82) is 0 Å². The van der Waals surface area contributed by atoms with Crippen LogP contribution in [0, 0.1) is 12.3 Å². The number of hydrogen-bond donors (Lipinski definition) is 1. The third-order valence-electron chi connectivity index (χ3n) is 1.04. The first kappa shape index (κ1) is 7.34. The van der Waals surface area contributed by atoms with Crippen LogP contribution in [0.15, 0.2) is 23.7 Å². The lowest BCUT2D eigenvalue weighted by Crippen LogP contribution is -1.95. The fourth-order valence-electron chi connectivity index (χ4n) is 0.625.